The molecule has 2 aliphatic rings. The van der Waals surface area contributed by atoms with Crippen LogP contribution >= 0.6 is 0 Å². The second kappa shape index (κ2) is 8.25. The molecule has 2 atom stereocenters. The van der Waals surface area contributed by atoms with E-state index in [1.54, 1.807) is 7.11 Å². The van der Waals surface area contributed by atoms with Gasteiger partial charge in [0.05, 0.1) is 12.5 Å². The third-order valence-corrected chi connectivity index (χ3v) is 5.98. The predicted octanol–water partition coefficient (Wildman–Crippen LogP) is 2.09. The van der Waals surface area contributed by atoms with E-state index in [9.17, 15) is 9.59 Å². The van der Waals surface area contributed by atoms with Crippen molar-refractivity contribution in [2.75, 3.05) is 20.2 Å². The second-order valence-corrected chi connectivity index (χ2v) is 8.03. The van der Waals surface area contributed by atoms with Crippen molar-refractivity contribution in [1.29, 1.82) is 0 Å². The Bertz CT molecular complexity index is 886. The number of benzene rings is 2. The number of nitrogens with one attached hydrogen (secondary N) is 2. The first-order chi connectivity index (χ1) is 14.1. The summed E-state index contributed by atoms with van der Waals surface area (Å²) in [5, 5.41) is 5.87. The maximum atomic E-state index is 12.7. The Morgan fingerprint density at radius 1 is 1.21 bits per heavy atom. The highest BCUT2D eigenvalue weighted by Crippen LogP contribution is 2.40. The number of amides is 2. The summed E-state index contributed by atoms with van der Waals surface area (Å²) in [6.45, 7) is 2.83. The molecule has 2 heterocycles. The van der Waals surface area contributed by atoms with Crippen molar-refractivity contribution < 1.29 is 14.3 Å². The van der Waals surface area contributed by atoms with Gasteiger partial charge < -0.3 is 15.4 Å². The van der Waals surface area contributed by atoms with E-state index in [1.807, 2.05) is 42.5 Å². The number of hydrogen-bond acceptors (Lipinski definition) is 4. The topological polar surface area (TPSA) is 70.7 Å². The number of carbonyl (C=O) groups excluding carboxylic acids is 2. The first-order valence-electron chi connectivity index (χ1n) is 10.1. The molecule has 4 rings (SSSR count). The first kappa shape index (κ1) is 19.5. The first-order valence-corrected chi connectivity index (χ1v) is 10.1. The summed E-state index contributed by atoms with van der Waals surface area (Å²) in [5.74, 6) is 0.642. The van der Waals surface area contributed by atoms with E-state index in [0.717, 1.165) is 30.8 Å². The Labute approximate surface area is 171 Å². The predicted molar refractivity (Wildman–Crippen MR) is 110 cm³/mol. The summed E-state index contributed by atoms with van der Waals surface area (Å²) in [5.41, 5.74) is 1.76. The van der Waals surface area contributed by atoms with E-state index in [0.29, 0.717) is 19.5 Å². The summed E-state index contributed by atoms with van der Waals surface area (Å²) in [4.78, 5) is 27.7. The minimum atomic E-state index is -0.468. The Balaban J connectivity index is 1.33. The number of hydrogen-bond donors (Lipinski definition) is 2. The Morgan fingerprint density at radius 3 is 2.79 bits per heavy atom. The van der Waals surface area contributed by atoms with Crippen LogP contribution in [0.2, 0.25) is 0 Å². The number of rotatable bonds is 6. The minimum absolute atomic E-state index is 0.00888. The smallest absolute Gasteiger partial charge is 0.242 e. The number of nitrogens with zero attached hydrogens (tertiary/aromatic N) is 1. The van der Waals surface area contributed by atoms with Crippen molar-refractivity contribution >= 4 is 11.8 Å². The van der Waals surface area contributed by atoms with Crippen molar-refractivity contribution in [2.45, 2.75) is 32.0 Å². The van der Waals surface area contributed by atoms with Gasteiger partial charge in [0.2, 0.25) is 11.8 Å². The van der Waals surface area contributed by atoms with Crippen LogP contribution in [0.15, 0.2) is 54.6 Å². The highest BCUT2D eigenvalue weighted by Gasteiger charge is 2.52. The lowest BCUT2D eigenvalue weighted by Gasteiger charge is -2.21. The molecule has 1 spiro atoms. The van der Waals surface area contributed by atoms with E-state index in [4.69, 9.17) is 4.74 Å². The molecule has 0 saturated carbocycles. The van der Waals surface area contributed by atoms with Crippen LogP contribution in [-0.2, 0) is 22.7 Å². The van der Waals surface area contributed by atoms with Gasteiger partial charge in [-0.3, -0.25) is 14.5 Å². The third-order valence-electron chi connectivity index (χ3n) is 5.98. The van der Waals surface area contributed by atoms with Gasteiger partial charge in [-0.1, -0.05) is 42.5 Å². The molecule has 29 heavy (non-hydrogen) atoms. The maximum absolute atomic E-state index is 12.7. The molecular formula is C23H27N3O3. The minimum Gasteiger partial charge on any atom is -0.497 e. The molecule has 6 nitrogen and oxygen atoms in total. The standard InChI is InChI=1S/C23H27N3O3/c1-29-19-9-5-8-18(12-19)14-24-21(27)20-13-23(22(28)25-20)10-11-26(16-23)15-17-6-3-2-4-7-17/h2-9,12,20H,10-11,13-16H2,1H3,(H,24,27)(H,25,28)/t20-,23-/m0/s1. The van der Waals surface area contributed by atoms with Crippen LogP contribution in [-0.4, -0.2) is 43.0 Å². The zero-order valence-electron chi connectivity index (χ0n) is 16.7. The maximum Gasteiger partial charge on any atom is 0.242 e. The van der Waals surface area contributed by atoms with Crippen LogP contribution in [0.3, 0.4) is 0 Å². The van der Waals surface area contributed by atoms with Crippen LogP contribution in [0, 0.1) is 5.41 Å². The van der Waals surface area contributed by atoms with Crippen molar-refractivity contribution in [2.24, 2.45) is 5.41 Å². The van der Waals surface area contributed by atoms with Gasteiger partial charge in [-0.05, 0) is 42.6 Å². The van der Waals surface area contributed by atoms with Crippen LogP contribution in [0.25, 0.3) is 0 Å². The molecule has 2 saturated heterocycles. The molecule has 2 amide bonds. The van der Waals surface area contributed by atoms with Crippen LogP contribution < -0.4 is 15.4 Å². The third kappa shape index (κ3) is 4.27. The molecule has 2 aromatic carbocycles. The van der Waals surface area contributed by atoms with E-state index in [2.05, 4.69) is 27.7 Å². The van der Waals surface area contributed by atoms with E-state index >= 15 is 0 Å². The molecule has 0 bridgehead atoms. The summed E-state index contributed by atoms with van der Waals surface area (Å²) >= 11 is 0. The Hall–Kier alpha value is -2.86. The number of ether oxygens (including phenoxy) is 1. The molecule has 2 aromatic rings. The summed E-state index contributed by atoms with van der Waals surface area (Å²) < 4.78 is 5.22. The van der Waals surface area contributed by atoms with Gasteiger partial charge in [-0.15, -0.1) is 0 Å². The lowest BCUT2D eigenvalue weighted by Crippen LogP contribution is -2.41. The van der Waals surface area contributed by atoms with Crippen LogP contribution in [0.5, 0.6) is 5.75 Å². The number of methoxy groups -OCH3 is 1. The van der Waals surface area contributed by atoms with Crippen molar-refractivity contribution in [3.8, 4) is 5.75 Å². The number of likely N-dealkylation sites (tertiary alicyclic amines) is 1. The average Bonchev–Trinajstić information content (AvgIpc) is 3.30. The summed E-state index contributed by atoms with van der Waals surface area (Å²) in [6, 6.07) is 17.4. The molecular weight excluding hydrogens is 366 g/mol. The van der Waals surface area contributed by atoms with Crippen molar-refractivity contribution in [1.82, 2.24) is 15.5 Å². The van der Waals surface area contributed by atoms with Gasteiger partial charge in [-0.2, -0.15) is 0 Å². The normalized spacial score (nSPS) is 23.9. The average molecular weight is 393 g/mol. The lowest BCUT2D eigenvalue weighted by molar-refractivity contribution is -0.128. The highest BCUT2D eigenvalue weighted by atomic mass is 16.5. The van der Waals surface area contributed by atoms with Crippen molar-refractivity contribution in [3.63, 3.8) is 0 Å². The van der Waals surface area contributed by atoms with E-state index in [-0.39, 0.29) is 11.8 Å². The fourth-order valence-corrected chi connectivity index (χ4v) is 4.39. The molecule has 0 aromatic heterocycles. The van der Waals surface area contributed by atoms with Gasteiger partial charge in [0.25, 0.3) is 0 Å². The second-order valence-electron chi connectivity index (χ2n) is 8.03. The zero-order chi connectivity index (χ0) is 20.3. The summed E-state index contributed by atoms with van der Waals surface area (Å²) in [7, 11) is 1.62. The SMILES string of the molecule is COc1cccc(CNC(=O)[C@@H]2C[C@]3(CCN(Cc4ccccc4)C3)C(=O)N2)c1. The zero-order valence-corrected chi connectivity index (χ0v) is 16.7. The largest absolute Gasteiger partial charge is 0.497 e. The van der Waals surface area contributed by atoms with Gasteiger partial charge in [0.15, 0.2) is 0 Å². The van der Waals surface area contributed by atoms with Gasteiger partial charge in [0, 0.05) is 19.6 Å². The summed E-state index contributed by atoms with van der Waals surface area (Å²) in [6.07, 6.45) is 1.35. The monoisotopic (exact) mass is 393 g/mol. The molecule has 2 N–H and O–H groups in total. The molecule has 2 fully saturated rings. The molecule has 152 valence electrons. The molecule has 0 aliphatic carbocycles. The molecule has 0 radical (unpaired) electrons. The highest BCUT2D eigenvalue weighted by molar-refractivity contribution is 5.94. The molecule has 2 aliphatic heterocycles. The Morgan fingerprint density at radius 2 is 2.00 bits per heavy atom. The fourth-order valence-electron chi connectivity index (χ4n) is 4.39. The van der Waals surface area contributed by atoms with Gasteiger partial charge in [-0.25, -0.2) is 0 Å². The van der Waals surface area contributed by atoms with E-state index in [1.165, 1.54) is 5.56 Å². The Kier molecular flexibility index (Phi) is 5.53. The van der Waals surface area contributed by atoms with Gasteiger partial charge in [0.1, 0.15) is 11.8 Å². The van der Waals surface area contributed by atoms with Gasteiger partial charge >= 0.3 is 0 Å². The fraction of sp³-hybridized carbons (Fsp3) is 0.391. The van der Waals surface area contributed by atoms with Crippen LogP contribution in [0.4, 0.5) is 0 Å². The van der Waals surface area contributed by atoms with Crippen molar-refractivity contribution in [3.05, 3.63) is 65.7 Å². The van der Waals surface area contributed by atoms with Crippen LogP contribution in [0.1, 0.15) is 24.0 Å². The molecule has 0 unspecified atom stereocenters. The quantitative estimate of drug-likeness (QED) is 0.789. The molecule has 6 heteroatoms. The number of carbonyl (C=O) groups is 2. The lowest BCUT2D eigenvalue weighted by atomic mass is 9.84. The van der Waals surface area contributed by atoms with E-state index < -0.39 is 11.5 Å².